The zero-order valence-corrected chi connectivity index (χ0v) is 21.2. The zero-order chi connectivity index (χ0) is 24.8. The van der Waals surface area contributed by atoms with Crippen LogP contribution in [-0.2, 0) is 9.59 Å². The molecule has 0 unspecified atom stereocenters. The lowest BCUT2D eigenvalue weighted by molar-refractivity contribution is -0.127. The van der Waals surface area contributed by atoms with Crippen LogP contribution in [0.25, 0.3) is 11.6 Å². The van der Waals surface area contributed by atoms with Gasteiger partial charge < -0.3 is 10.2 Å². The third-order valence-corrected chi connectivity index (χ3v) is 7.28. The summed E-state index contributed by atoms with van der Waals surface area (Å²) >= 11 is 0.862. The van der Waals surface area contributed by atoms with Gasteiger partial charge in [-0.3, -0.25) is 19.3 Å². The van der Waals surface area contributed by atoms with Crippen LogP contribution in [0.5, 0.6) is 0 Å². The molecule has 0 atom stereocenters. The Labute approximate surface area is 204 Å². The first-order valence-corrected chi connectivity index (χ1v) is 12.0. The first-order valence-electron chi connectivity index (χ1n) is 11.2. The van der Waals surface area contributed by atoms with E-state index in [0.717, 1.165) is 44.6 Å². The third-order valence-electron chi connectivity index (χ3n) is 6.37. The van der Waals surface area contributed by atoms with Crippen LogP contribution in [0.2, 0.25) is 0 Å². The Morgan fingerprint density at radius 1 is 1.09 bits per heavy atom. The van der Waals surface area contributed by atoms with Crippen molar-refractivity contribution in [2.75, 3.05) is 23.8 Å². The maximum absolute atomic E-state index is 12.9. The molecule has 34 heavy (non-hydrogen) atoms. The zero-order valence-electron chi connectivity index (χ0n) is 20.4. The summed E-state index contributed by atoms with van der Waals surface area (Å²) in [6, 6.07) is 11.7. The predicted molar refractivity (Wildman–Crippen MR) is 140 cm³/mol. The van der Waals surface area contributed by atoms with Gasteiger partial charge in [0, 0.05) is 24.0 Å². The summed E-state index contributed by atoms with van der Waals surface area (Å²) in [5, 5.41) is 2.35. The van der Waals surface area contributed by atoms with Crippen LogP contribution >= 0.6 is 11.8 Å². The van der Waals surface area contributed by atoms with Gasteiger partial charge in [0.2, 0.25) is 5.91 Å². The number of allylic oxidation sites excluding steroid dienone is 1. The SMILES string of the molecule is CC1=CC(C)(C)N(C)c2ccc(/C=C3/SC(=O)N(CC(=O)Nc4ccc(C)cc4C)C3=O)cc21. The van der Waals surface area contributed by atoms with Crippen LogP contribution in [-0.4, -0.2) is 41.1 Å². The van der Waals surface area contributed by atoms with Gasteiger partial charge >= 0.3 is 0 Å². The molecular formula is C27H29N3O3S. The van der Waals surface area contributed by atoms with Crippen LogP contribution in [0.4, 0.5) is 16.2 Å². The topological polar surface area (TPSA) is 69.7 Å². The first kappa shape index (κ1) is 23.8. The molecule has 7 heteroatoms. The number of aryl methyl sites for hydroxylation is 2. The summed E-state index contributed by atoms with van der Waals surface area (Å²) in [5.74, 6) is -0.857. The molecule has 2 aliphatic rings. The second-order valence-corrected chi connectivity index (χ2v) is 10.4. The van der Waals surface area contributed by atoms with E-state index in [-0.39, 0.29) is 12.1 Å². The second kappa shape index (κ2) is 8.80. The number of imide groups is 1. The summed E-state index contributed by atoms with van der Waals surface area (Å²) < 4.78 is 0. The molecule has 1 saturated heterocycles. The van der Waals surface area contributed by atoms with Gasteiger partial charge in [-0.25, -0.2) is 0 Å². The Morgan fingerprint density at radius 2 is 1.82 bits per heavy atom. The summed E-state index contributed by atoms with van der Waals surface area (Å²) in [4.78, 5) is 41.5. The summed E-state index contributed by atoms with van der Waals surface area (Å²) in [6.07, 6.45) is 3.95. The van der Waals surface area contributed by atoms with Crippen molar-refractivity contribution in [3.63, 3.8) is 0 Å². The fraction of sp³-hybridized carbons (Fsp3) is 0.296. The van der Waals surface area contributed by atoms with E-state index in [0.29, 0.717) is 10.6 Å². The number of benzene rings is 2. The van der Waals surface area contributed by atoms with Gasteiger partial charge in [0.25, 0.3) is 11.1 Å². The van der Waals surface area contributed by atoms with E-state index in [1.54, 1.807) is 6.08 Å². The van der Waals surface area contributed by atoms with Gasteiger partial charge in [0.1, 0.15) is 6.54 Å². The van der Waals surface area contributed by atoms with Crippen LogP contribution in [0, 0.1) is 13.8 Å². The van der Waals surface area contributed by atoms with Crippen molar-refractivity contribution < 1.29 is 14.4 Å². The molecule has 1 N–H and O–H groups in total. The molecule has 4 rings (SSSR count). The van der Waals surface area contributed by atoms with Crippen molar-refractivity contribution in [3.8, 4) is 0 Å². The molecule has 3 amide bonds. The summed E-state index contributed by atoms with van der Waals surface area (Å²) in [7, 11) is 2.07. The highest BCUT2D eigenvalue weighted by Crippen LogP contribution is 2.39. The van der Waals surface area contributed by atoms with Gasteiger partial charge in [-0.05, 0) is 87.4 Å². The highest BCUT2D eigenvalue weighted by atomic mass is 32.2. The van der Waals surface area contributed by atoms with E-state index in [9.17, 15) is 14.4 Å². The molecular weight excluding hydrogens is 446 g/mol. The molecule has 176 valence electrons. The van der Waals surface area contributed by atoms with E-state index in [1.807, 2.05) is 50.2 Å². The molecule has 2 aromatic carbocycles. The minimum atomic E-state index is -0.450. The number of rotatable bonds is 4. The molecule has 1 fully saturated rings. The van der Waals surface area contributed by atoms with Crippen molar-refractivity contribution in [1.29, 1.82) is 0 Å². The number of hydrogen-bond donors (Lipinski definition) is 1. The molecule has 0 aliphatic carbocycles. The Morgan fingerprint density at radius 3 is 2.53 bits per heavy atom. The fourth-order valence-corrected chi connectivity index (χ4v) is 5.18. The number of hydrogen-bond acceptors (Lipinski definition) is 5. The van der Waals surface area contributed by atoms with E-state index in [2.05, 4.69) is 44.1 Å². The van der Waals surface area contributed by atoms with Gasteiger partial charge in [0.15, 0.2) is 0 Å². The predicted octanol–water partition coefficient (Wildman–Crippen LogP) is 5.61. The van der Waals surface area contributed by atoms with Gasteiger partial charge in [0.05, 0.1) is 10.4 Å². The van der Waals surface area contributed by atoms with Crippen molar-refractivity contribution in [3.05, 3.63) is 69.6 Å². The van der Waals surface area contributed by atoms with E-state index in [1.165, 1.54) is 5.57 Å². The molecule has 0 bridgehead atoms. The van der Waals surface area contributed by atoms with Crippen LogP contribution in [0.1, 0.15) is 43.0 Å². The number of carbonyl (C=O) groups excluding carboxylic acids is 3. The van der Waals surface area contributed by atoms with Crippen molar-refractivity contribution in [2.24, 2.45) is 0 Å². The van der Waals surface area contributed by atoms with Gasteiger partial charge in [-0.1, -0.05) is 29.8 Å². The molecule has 2 aromatic rings. The van der Waals surface area contributed by atoms with E-state index in [4.69, 9.17) is 0 Å². The molecule has 0 radical (unpaired) electrons. The maximum Gasteiger partial charge on any atom is 0.294 e. The monoisotopic (exact) mass is 475 g/mol. The second-order valence-electron chi connectivity index (χ2n) is 9.45. The number of nitrogens with one attached hydrogen (secondary N) is 1. The molecule has 0 saturated carbocycles. The first-order chi connectivity index (χ1) is 16.0. The lowest BCUT2D eigenvalue weighted by atomic mass is 9.88. The summed E-state index contributed by atoms with van der Waals surface area (Å²) in [5.41, 5.74) is 6.83. The minimum absolute atomic E-state index is 0.0844. The molecule has 0 aromatic heterocycles. The quantitative estimate of drug-likeness (QED) is 0.582. The maximum atomic E-state index is 12.9. The number of nitrogens with zero attached hydrogens (tertiary/aromatic N) is 2. The Balaban J connectivity index is 1.51. The largest absolute Gasteiger partial charge is 0.366 e. The number of amides is 3. The average Bonchev–Trinajstić information content (AvgIpc) is 3.01. The average molecular weight is 476 g/mol. The minimum Gasteiger partial charge on any atom is -0.366 e. The van der Waals surface area contributed by atoms with Crippen molar-refractivity contribution in [2.45, 2.75) is 40.2 Å². The smallest absolute Gasteiger partial charge is 0.294 e. The van der Waals surface area contributed by atoms with E-state index < -0.39 is 17.1 Å². The number of likely N-dealkylation sites (N-methyl/N-ethyl adjacent to an activating group) is 1. The van der Waals surface area contributed by atoms with Gasteiger partial charge in [-0.2, -0.15) is 0 Å². The van der Waals surface area contributed by atoms with E-state index >= 15 is 0 Å². The molecule has 2 aliphatic heterocycles. The number of thioether (sulfide) groups is 1. The Bertz CT molecular complexity index is 1280. The van der Waals surface area contributed by atoms with Crippen molar-refractivity contribution >= 4 is 51.8 Å². The Hall–Kier alpha value is -3.32. The molecule has 6 nitrogen and oxygen atoms in total. The van der Waals surface area contributed by atoms with Crippen LogP contribution in [0.15, 0.2) is 47.4 Å². The molecule has 0 spiro atoms. The van der Waals surface area contributed by atoms with Crippen LogP contribution < -0.4 is 10.2 Å². The highest BCUT2D eigenvalue weighted by Gasteiger charge is 2.36. The lowest BCUT2D eigenvalue weighted by Gasteiger charge is -2.40. The Kier molecular flexibility index (Phi) is 6.16. The normalized spacial score (nSPS) is 18.3. The number of carbonyl (C=O) groups is 3. The lowest BCUT2D eigenvalue weighted by Crippen LogP contribution is -2.42. The fourth-order valence-electron chi connectivity index (χ4n) is 4.34. The standard InChI is InChI=1S/C27H29N3O3S/c1-16-7-9-21(17(2)11-16)28-24(31)15-30-25(32)23(34-26(30)33)13-19-8-10-22-20(12-19)18(3)14-27(4,5)29(22)6/h7-14H,15H2,1-6H3,(H,28,31)/b23-13+. The molecule has 2 heterocycles. The third kappa shape index (κ3) is 4.53. The highest BCUT2D eigenvalue weighted by molar-refractivity contribution is 8.18. The van der Waals surface area contributed by atoms with Gasteiger partial charge in [-0.15, -0.1) is 0 Å². The number of fused-ring (bicyclic) bond motifs is 1. The van der Waals surface area contributed by atoms with Crippen molar-refractivity contribution in [1.82, 2.24) is 4.90 Å². The summed E-state index contributed by atoms with van der Waals surface area (Å²) in [6.45, 7) is 9.98. The van der Waals surface area contributed by atoms with Crippen LogP contribution in [0.3, 0.4) is 0 Å². The number of anilines is 2.